The topological polar surface area (TPSA) is 32.3 Å². The van der Waals surface area contributed by atoms with Gasteiger partial charge in [-0.25, -0.2) is 0 Å². The maximum Gasteiger partial charge on any atom is 0.0471 e. The van der Waals surface area contributed by atoms with E-state index in [0.717, 1.165) is 13.0 Å². The molecule has 2 nitrogen and oxygen atoms in total. The summed E-state index contributed by atoms with van der Waals surface area (Å²) < 4.78 is 0. The molecule has 0 radical (unpaired) electrons. The minimum atomic E-state index is 0.204. The van der Waals surface area contributed by atoms with Gasteiger partial charge in [-0.2, -0.15) is 0 Å². The van der Waals surface area contributed by atoms with Crippen LogP contribution in [0.15, 0.2) is 36.4 Å². The van der Waals surface area contributed by atoms with Gasteiger partial charge in [0.15, 0.2) is 0 Å². The van der Waals surface area contributed by atoms with Crippen LogP contribution in [0.5, 0.6) is 0 Å². The van der Waals surface area contributed by atoms with E-state index in [1.807, 2.05) is 13.1 Å². The number of hydrogen-bond donors (Lipinski definition) is 2. The largest absolute Gasteiger partial charge is 0.396 e. The van der Waals surface area contributed by atoms with Crippen LogP contribution in [0.2, 0.25) is 0 Å². The summed E-state index contributed by atoms with van der Waals surface area (Å²) in [6, 6.07) is 12.6. The Kier molecular flexibility index (Phi) is 3.54. The van der Waals surface area contributed by atoms with Gasteiger partial charge in [-0.3, -0.25) is 0 Å². The lowest BCUT2D eigenvalue weighted by molar-refractivity contribution is 0.300. The molecular formula is C14H17NO. The molecule has 2 N–H and O–H groups in total. The molecule has 2 heteroatoms. The first kappa shape index (κ1) is 11.1. The van der Waals surface area contributed by atoms with Gasteiger partial charge in [0.05, 0.1) is 0 Å². The number of hydrogen-bond acceptors (Lipinski definition) is 2. The molecule has 0 aliphatic carbocycles. The molecule has 84 valence electrons. The monoisotopic (exact) mass is 215 g/mol. The second-order valence-corrected chi connectivity index (χ2v) is 3.93. The third kappa shape index (κ3) is 2.08. The number of aliphatic hydroxyl groups is 1. The van der Waals surface area contributed by atoms with Crippen LogP contribution in [-0.4, -0.2) is 18.8 Å². The molecular weight excluding hydrogens is 198 g/mol. The van der Waals surface area contributed by atoms with E-state index < -0.39 is 0 Å². The SMILES string of the molecule is CNCc1ccc(CCO)c2ccccc12. The zero-order valence-corrected chi connectivity index (χ0v) is 9.53. The second-order valence-electron chi connectivity index (χ2n) is 3.93. The normalized spacial score (nSPS) is 10.9. The standard InChI is InChI=1S/C14H17NO/c1-15-10-12-7-6-11(8-9-16)13-4-2-3-5-14(12)13/h2-7,15-16H,8-10H2,1H3. The van der Waals surface area contributed by atoms with Crippen LogP contribution in [-0.2, 0) is 13.0 Å². The molecule has 2 aromatic carbocycles. The van der Waals surface area contributed by atoms with Crippen molar-refractivity contribution >= 4 is 10.8 Å². The van der Waals surface area contributed by atoms with Gasteiger partial charge in [0.25, 0.3) is 0 Å². The Morgan fingerprint density at radius 1 is 1.00 bits per heavy atom. The summed E-state index contributed by atoms with van der Waals surface area (Å²) in [6.07, 6.45) is 0.723. The molecule has 0 saturated heterocycles. The van der Waals surface area contributed by atoms with Crippen LogP contribution in [0.25, 0.3) is 10.8 Å². The van der Waals surface area contributed by atoms with Gasteiger partial charge in [0.2, 0.25) is 0 Å². The van der Waals surface area contributed by atoms with Crippen LogP contribution in [0.1, 0.15) is 11.1 Å². The molecule has 0 bridgehead atoms. The van der Waals surface area contributed by atoms with Crippen LogP contribution < -0.4 is 5.32 Å². The molecule has 0 heterocycles. The summed E-state index contributed by atoms with van der Waals surface area (Å²) in [7, 11) is 1.95. The zero-order valence-electron chi connectivity index (χ0n) is 9.53. The number of rotatable bonds is 4. The Bertz CT molecular complexity index is 435. The first-order valence-corrected chi connectivity index (χ1v) is 5.61. The lowest BCUT2D eigenvalue weighted by Gasteiger charge is -2.10. The van der Waals surface area contributed by atoms with Crippen LogP contribution in [0, 0.1) is 0 Å². The molecule has 0 fully saturated rings. The van der Waals surface area contributed by atoms with Crippen molar-refractivity contribution in [3.63, 3.8) is 0 Å². The van der Waals surface area contributed by atoms with E-state index in [1.54, 1.807) is 0 Å². The summed E-state index contributed by atoms with van der Waals surface area (Å²) in [5, 5.41) is 14.8. The first-order valence-electron chi connectivity index (χ1n) is 5.61. The molecule has 16 heavy (non-hydrogen) atoms. The van der Waals surface area contributed by atoms with Crippen molar-refractivity contribution in [2.75, 3.05) is 13.7 Å². The highest BCUT2D eigenvalue weighted by Crippen LogP contribution is 2.23. The van der Waals surface area contributed by atoms with Crippen molar-refractivity contribution in [1.82, 2.24) is 5.32 Å². The van der Waals surface area contributed by atoms with Gasteiger partial charge in [0.1, 0.15) is 0 Å². The summed E-state index contributed by atoms with van der Waals surface area (Å²) in [5.74, 6) is 0. The molecule has 0 aliphatic heterocycles. The number of benzene rings is 2. The molecule has 2 rings (SSSR count). The highest BCUT2D eigenvalue weighted by atomic mass is 16.2. The summed E-state index contributed by atoms with van der Waals surface area (Å²) >= 11 is 0. The lowest BCUT2D eigenvalue weighted by atomic mass is 9.98. The van der Waals surface area contributed by atoms with E-state index in [0.29, 0.717) is 0 Å². The molecule has 0 spiro atoms. The Morgan fingerprint density at radius 2 is 1.62 bits per heavy atom. The fourth-order valence-corrected chi connectivity index (χ4v) is 2.11. The molecule has 0 atom stereocenters. The van der Waals surface area contributed by atoms with Crippen molar-refractivity contribution in [1.29, 1.82) is 0 Å². The van der Waals surface area contributed by atoms with Gasteiger partial charge in [-0.15, -0.1) is 0 Å². The molecule has 0 aliphatic rings. The number of aliphatic hydroxyl groups excluding tert-OH is 1. The molecule has 0 saturated carbocycles. The number of nitrogens with one attached hydrogen (secondary N) is 1. The summed E-state index contributed by atoms with van der Waals surface area (Å²) in [4.78, 5) is 0. The third-order valence-electron chi connectivity index (χ3n) is 2.85. The fourth-order valence-electron chi connectivity index (χ4n) is 2.11. The van der Waals surface area contributed by atoms with Gasteiger partial charge in [-0.1, -0.05) is 36.4 Å². The lowest BCUT2D eigenvalue weighted by Crippen LogP contribution is -2.06. The predicted octanol–water partition coefficient (Wildman–Crippen LogP) is 2.09. The van der Waals surface area contributed by atoms with E-state index in [9.17, 15) is 0 Å². The predicted molar refractivity (Wildman–Crippen MR) is 67.5 cm³/mol. The highest BCUT2D eigenvalue weighted by Gasteiger charge is 2.04. The van der Waals surface area contributed by atoms with Crippen molar-refractivity contribution in [3.8, 4) is 0 Å². The van der Waals surface area contributed by atoms with E-state index in [2.05, 4.69) is 35.6 Å². The average Bonchev–Trinajstić information content (AvgIpc) is 2.33. The average molecular weight is 215 g/mol. The molecule has 0 amide bonds. The fraction of sp³-hybridized carbons (Fsp3) is 0.286. The van der Waals surface area contributed by atoms with E-state index >= 15 is 0 Å². The van der Waals surface area contributed by atoms with Crippen LogP contribution >= 0.6 is 0 Å². The minimum Gasteiger partial charge on any atom is -0.396 e. The van der Waals surface area contributed by atoms with E-state index in [1.165, 1.54) is 21.9 Å². The second kappa shape index (κ2) is 5.10. The smallest absolute Gasteiger partial charge is 0.0471 e. The molecule has 2 aromatic rings. The van der Waals surface area contributed by atoms with Crippen molar-refractivity contribution in [2.24, 2.45) is 0 Å². The molecule has 0 unspecified atom stereocenters. The number of fused-ring (bicyclic) bond motifs is 1. The first-order chi connectivity index (χ1) is 7.86. The van der Waals surface area contributed by atoms with Crippen LogP contribution in [0.3, 0.4) is 0 Å². The zero-order chi connectivity index (χ0) is 11.4. The third-order valence-corrected chi connectivity index (χ3v) is 2.85. The Balaban J connectivity index is 2.57. The maximum atomic E-state index is 9.04. The van der Waals surface area contributed by atoms with Gasteiger partial charge < -0.3 is 10.4 Å². The van der Waals surface area contributed by atoms with E-state index in [-0.39, 0.29) is 6.61 Å². The minimum absolute atomic E-state index is 0.204. The van der Waals surface area contributed by atoms with Gasteiger partial charge >= 0.3 is 0 Å². The highest BCUT2D eigenvalue weighted by molar-refractivity contribution is 5.88. The van der Waals surface area contributed by atoms with Crippen LogP contribution in [0.4, 0.5) is 0 Å². The molecule has 0 aromatic heterocycles. The summed E-state index contributed by atoms with van der Waals surface area (Å²) in [5.41, 5.74) is 2.53. The quantitative estimate of drug-likeness (QED) is 0.818. The maximum absolute atomic E-state index is 9.04. The summed E-state index contributed by atoms with van der Waals surface area (Å²) in [6.45, 7) is 1.08. The Morgan fingerprint density at radius 3 is 2.25 bits per heavy atom. The van der Waals surface area contributed by atoms with Gasteiger partial charge in [-0.05, 0) is 35.4 Å². The Hall–Kier alpha value is -1.38. The van der Waals surface area contributed by atoms with Gasteiger partial charge in [0, 0.05) is 13.2 Å². The van der Waals surface area contributed by atoms with Crippen molar-refractivity contribution in [3.05, 3.63) is 47.5 Å². The van der Waals surface area contributed by atoms with E-state index in [4.69, 9.17) is 5.11 Å². The Labute approximate surface area is 95.9 Å². The van der Waals surface area contributed by atoms with Crippen molar-refractivity contribution in [2.45, 2.75) is 13.0 Å². The van der Waals surface area contributed by atoms with Crippen molar-refractivity contribution < 1.29 is 5.11 Å².